The molecule has 1 aliphatic rings. The number of benzene rings is 1. The Hall–Kier alpha value is -1.60. The highest BCUT2D eigenvalue weighted by Crippen LogP contribution is 2.22. The van der Waals surface area contributed by atoms with Gasteiger partial charge in [-0.25, -0.2) is 8.42 Å². The molecule has 1 amide bonds. The van der Waals surface area contributed by atoms with Crippen LogP contribution >= 0.6 is 0 Å². The Kier molecular flexibility index (Phi) is 4.84. The zero-order valence-electron chi connectivity index (χ0n) is 12.0. The molecule has 0 bridgehead atoms. The van der Waals surface area contributed by atoms with Gasteiger partial charge in [0.2, 0.25) is 5.91 Å². The maximum Gasteiger partial charge on any atom is 0.239 e. The zero-order chi connectivity index (χ0) is 15.5. The minimum absolute atomic E-state index is 0.0825. The molecule has 0 saturated carbocycles. The van der Waals surface area contributed by atoms with Gasteiger partial charge in [0.05, 0.1) is 18.3 Å². The molecule has 2 N–H and O–H groups in total. The van der Waals surface area contributed by atoms with Crippen molar-refractivity contribution in [3.05, 3.63) is 29.8 Å². The van der Waals surface area contributed by atoms with Crippen molar-refractivity contribution in [1.82, 2.24) is 4.90 Å². The van der Waals surface area contributed by atoms with Crippen molar-refractivity contribution in [1.29, 1.82) is 0 Å². The summed E-state index contributed by atoms with van der Waals surface area (Å²) in [5.74, 6) is 0.456. The molecule has 1 heterocycles. The van der Waals surface area contributed by atoms with Gasteiger partial charge in [0.15, 0.2) is 0 Å². The van der Waals surface area contributed by atoms with Crippen LogP contribution in [0.2, 0.25) is 0 Å². The van der Waals surface area contributed by atoms with Crippen LogP contribution in [0, 0.1) is 0 Å². The first-order valence-electron chi connectivity index (χ1n) is 6.79. The largest absolute Gasteiger partial charge is 0.491 e. The van der Waals surface area contributed by atoms with Crippen molar-refractivity contribution in [2.45, 2.75) is 19.0 Å². The number of sulfone groups is 1. The highest BCUT2D eigenvalue weighted by Gasteiger charge is 2.24. The molecular formula is C14H20N2O4S. The summed E-state index contributed by atoms with van der Waals surface area (Å²) in [4.78, 5) is 14.0. The maximum atomic E-state index is 12.3. The van der Waals surface area contributed by atoms with Crippen molar-refractivity contribution in [3.8, 4) is 5.75 Å². The molecule has 7 heteroatoms. The van der Waals surface area contributed by atoms with Crippen LogP contribution in [-0.2, 0) is 21.2 Å². The third kappa shape index (κ3) is 4.44. The molecule has 1 aromatic rings. The Balaban J connectivity index is 2.02. The first kappa shape index (κ1) is 15.8. The van der Waals surface area contributed by atoms with Crippen LogP contribution in [0.5, 0.6) is 5.75 Å². The van der Waals surface area contributed by atoms with Gasteiger partial charge in [-0.1, -0.05) is 18.2 Å². The van der Waals surface area contributed by atoms with Crippen LogP contribution in [0.1, 0.15) is 12.0 Å². The number of ether oxygens (including phenoxy) is 1. The molecule has 6 nitrogen and oxygen atoms in total. The van der Waals surface area contributed by atoms with Crippen LogP contribution < -0.4 is 10.5 Å². The molecule has 0 aromatic heterocycles. The SMILES string of the molecule is CS(=O)(=O)CCC(N)C(=O)N1CCOc2ccccc2C1. The van der Waals surface area contributed by atoms with Gasteiger partial charge in [0.25, 0.3) is 0 Å². The fourth-order valence-electron chi connectivity index (χ4n) is 2.21. The fourth-order valence-corrected chi connectivity index (χ4v) is 2.89. The number of nitrogens with two attached hydrogens (primary N) is 1. The second-order valence-electron chi connectivity index (χ2n) is 5.24. The van der Waals surface area contributed by atoms with Gasteiger partial charge in [-0.05, 0) is 12.5 Å². The molecule has 0 radical (unpaired) electrons. The lowest BCUT2D eigenvalue weighted by molar-refractivity contribution is -0.133. The molecule has 2 rings (SSSR count). The summed E-state index contributed by atoms with van der Waals surface area (Å²) in [6, 6.07) is 6.74. The molecule has 0 saturated heterocycles. The average Bonchev–Trinajstić information content (AvgIpc) is 2.65. The number of hydrogen-bond donors (Lipinski definition) is 1. The smallest absolute Gasteiger partial charge is 0.239 e. The number of rotatable bonds is 4. The van der Waals surface area contributed by atoms with Gasteiger partial charge < -0.3 is 15.4 Å². The first-order chi connectivity index (χ1) is 9.87. The number of nitrogens with zero attached hydrogens (tertiary/aromatic N) is 1. The summed E-state index contributed by atoms with van der Waals surface area (Å²) in [5, 5.41) is 0. The van der Waals surface area contributed by atoms with E-state index in [1.807, 2.05) is 24.3 Å². The number of para-hydroxylation sites is 1. The minimum Gasteiger partial charge on any atom is -0.491 e. The molecule has 1 atom stereocenters. The number of fused-ring (bicyclic) bond motifs is 1. The van der Waals surface area contributed by atoms with E-state index in [0.717, 1.165) is 17.6 Å². The predicted octanol–water partition coefficient (Wildman–Crippen LogP) is 0.170. The highest BCUT2D eigenvalue weighted by atomic mass is 32.2. The Morgan fingerprint density at radius 1 is 1.43 bits per heavy atom. The Morgan fingerprint density at radius 2 is 2.14 bits per heavy atom. The van der Waals surface area contributed by atoms with Gasteiger partial charge in [0.1, 0.15) is 22.2 Å². The summed E-state index contributed by atoms with van der Waals surface area (Å²) in [5.41, 5.74) is 6.76. The number of carbonyl (C=O) groups excluding carboxylic acids is 1. The molecule has 1 aliphatic heterocycles. The molecule has 0 fully saturated rings. The monoisotopic (exact) mass is 312 g/mol. The van der Waals surface area contributed by atoms with Crippen LogP contribution in [0.3, 0.4) is 0 Å². The van der Waals surface area contributed by atoms with Gasteiger partial charge in [-0.3, -0.25) is 4.79 Å². The topological polar surface area (TPSA) is 89.7 Å². The predicted molar refractivity (Wildman–Crippen MR) is 79.7 cm³/mol. The Morgan fingerprint density at radius 3 is 2.86 bits per heavy atom. The summed E-state index contributed by atoms with van der Waals surface area (Å²) < 4.78 is 27.9. The lowest BCUT2D eigenvalue weighted by atomic mass is 10.1. The Bertz CT molecular complexity index is 615. The summed E-state index contributed by atoms with van der Waals surface area (Å²) in [7, 11) is -3.11. The quantitative estimate of drug-likeness (QED) is 0.856. The number of amides is 1. The van der Waals surface area contributed by atoms with E-state index < -0.39 is 15.9 Å². The fraction of sp³-hybridized carbons (Fsp3) is 0.500. The summed E-state index contributed by atoms with van der Waals surface area (Å²) in [6.07, 6.45) is 1.27. The van der Waals surface area contributed by atoms with Crippen molar-refractivity contribution in [3.63, 3.8) is 0 Å². The zero-order valence-corrected chi connectivity index (χ0v) is 12.8. The lowest BCUT2D eigenvalue weighted by Gasteiger charge is -2.23. The van der Waals surface area contributed by atoms with E-state index in [9.17, 15) is 13.2 Å². The molecule has 0 spiro atoms. The molecular weight excluding hydrogens is 292 g/mol. The first-order valence-corrected chi connectivity index (χ1v) is 8.85. The van der Waals surface area contributed by atoms with E-state index in [0.29, 0.717) is 19.7 Å². The van der Waals surface area contributed by atoms with E-state index >= 15 is 0 Å². The van der Waals surface area contributed by atoms with Crippen LogP contribution in [0.25, 0.3) is 0 Å². The van der Waals surface area contributed by atoms with Gasteiger partial charge >= 0.3 is 0 Å². The lowest BCUT2D eigenvalue weighted by Crippen LogP contribution is -2.45. The number of hydrogen-bond acceptors (Lipinski definition) is 5. The van der Waals surface area contributed by atoms with E-state index in [1.54, 1.807) is 4.90 Å². The molecule has 0 aliphatic carbocycles. The third-order valence-electron chi connectivity index (χ3n) is 3.38. The van der Waals surface area contributed by atoms with E-state index in [2.05, 4.69) is 0 Å². The molecule has 21 heavy (non-hydrogen) atoms. The van der Waals surface area contributed by atoms with Crippen molar-refractivity contribution < 1.29 is 17.9 Å². The average molecular weight is 312 g/mol. The number of carbonyl (C=O) groups is 1. The van der Waals surface area contributed by atoms with Gasteiger partial charge in [-0.2, -0.15) is 0 Å². The van der Waals surface area contributed by atoms with Crippen LogP contribution in [0.4, 0.5) is 0 Å². The van der Waals surface area contributed by atoms with E-state index in [-0.39, 0.29) is 18.1 Å². The highest BCUT2D eigenvalue weighted by molar-refractivity contribution is 7.90. The van der Waals surface area contributed by atoms with Gasteiger partial charge in [0, 0.05) is 18.4 Å². The second-order valence-corrected chi connectivity index (χ2v) is 7.50. The van der Waals surface area contributed by atoms with Crippen LogP contribution in [-0.4, -0.2) is 50.4 Å². The molecule has 116 valence electrons. The summed E-state index contributed by atoms with van der Waals surface area (Å²) >= 11 is 0. The van der Waals surface area contributed by atoms with Crippen molar-refractivity contribution in [2.75, 3.05) is 25.2 Å². The normalized spacial score (nSPS) is 16.6. The summed E-state index contributed by atoms with van der Waals surface area (Å²) in [6.45, 7) is 1.28. The molecule has 1 aromatic carbocycles. The minimum atomic E-state index is -3.11. The maximum absolute atomic E-state index is 12.3. The van der Waals surface area contributed by atoms with Crippen molar-refractivity contribution in [2.24, 2.45) is 5.73 Å². The van der Waals surface area contributed by atoms with Gasteiger partial charge in [-0.15, -0.1) is 0 Å². The standard InChI is InChI=1S/C14H20N2O4S/c1-21(18,19)9-6-12(15)14(17)16-7-8-20-13-5-3-2-4-11(13)10-16/h2-5,12H,6-10,15H2,1H3. The van der Waals surface area contributed by atoms with Crippen molar-refractivity contribution >= 4 is 15.7 Å². The van der Waals surface area contributed by atoms with E-state index in [4.69, 9.17) is 10.5 Å². The molecule has 1 unspecified atom stereocenters. The van der Waals surface area contributed by atoms with Crippen LogP contribution in [0.15, 0.2) is 24.3 Å². The Labute approximate surface area is 124 Å². The third-order valence-corrected chi connectivity index (χ3v) is 4.36. The second kappa shape index (κ2) is 6.44. The van der Waals surface area contributed by atoms with E-state index in [1.165, 1.54) is 0 Å².